The number of para-hydroxylation sites is 1. The molecule has 0 radical (unpaired) electrons. The third kappa shape index (κ3) is 6.01. The van der Waals surface area contributed by atoms with Crippen molar-refractivity contribution in [1.82, 2.24) is 20.4 Å². The molecule has 0 aliphatic carbocycles. The largest absolute Gasteiger partial charge is 0.480 e. The fourth-order valence-corrected chi connectivity index (χ4v) is 3.13. The van der Waals surface area contributed by atoms with Crippen LogP contribution in [-0.2, 0) is 16.1 Å². The number of carboxylic acid groups (broad SMARTS) is 1. The second-order valence-corrected chi connectivity index (χ2v) is 8.21. The van der Waals surface area contributed by atoms with Crippen molar-refractivity contribution < 1.29 is 23.9 Å². The molecule has 0 saturated heterocycles. The molecular formula is C21H26FN5O4. The molecule has 2 amide bonds. The highest BCUT2D eigenvalue weighted by Gasteiger charge is 2.34. The number of aliphatic carboxylic acids is 1. The molecule has 10 heteroatoms. The Labute approximate surface area is 179 Å². The molecule has 0 aliphatic heterocycles. The van der Waals surface area contributed by atoms with Crippen LogP contribution in [0.1, 0.15) is 50.5 Å². The van der Waals surface area contributed by atoms with Gasteiger partial charge in [-0.15, -0.1) is 0 Å². The number of halogens is 1. The first kappa shape index (κ1) is 23.8. The van der Waals surface area contributed by atoms with Crippen LogP contribution < -0.4 is 10.6 Å². The topological polar surface area (TPSA) is 137 Å². The number of nitrogens with one attached hydrogen (secondary N) is 2. The van der Waals surface area contributed by atoms with E-state index in [0.29, 0.717) is 31.2 Å². The van der Waals surface area contributed by atoms with E-state index in [0.717, 1.165) is 0 Å². The Kier molecular flexibility index (Phi) is 7.69. The molecule has 1 aromatic heterocycles. The number of benzene rings is 1. The summed E-state index contributed by atoms with van der Waals surface area (Å²) < 4.78 is 15.9. The van der Waals surface area contributed by atoms with Crippen LogP contribution >= 0.6 is 0 Å². The Morgan fingerprint density at radius 3 is 2.61 bits per heavy atom. The molecule has 0 saturated carbocycles. The quantitative estimate of drug-likeness (QED) is 0.521. The minimum atomic E-state index is -1.20. The molecule has 1 unspecified atom stereocenters. The lowest BCUT2D eigenvalue weighted by Crippen LogP contribution is -2.54. The van der Waals surface area contributed by atoms with E-state index in [-0.39, 0.29) is 11.2 Å². The van der Waals surface area contributed by atoms with Crippen LogP contribution in [-0.4, -0.2) is 45.3 Å². The predicted molar refractivity (Wildman–Crippen MR) is 111 cm³/mol. The first-order chi connectivity index (χ1) is 14.6. The molecule has 1 aromatic carbocycles. The number of hydrogen-bond acceptors (Lipinski definition) is 5. The maximum absolute atomic E-state index is 14.5. The van der Waals surface area contributed by atoms with Gasteiger partial charge in [-0.2, -0.15) is 10.4 Å². The first-order valence-electron chi connectivity index (χ1n) is 9.88. The molecule has 9 nitrogen and oxygen atoms in total. The molecule has 0 fully saturated rings. The lowest BCUT2D eigenvalue weighted by molar-refractivity contribution is -0.138. The van der Waals surface area contributed by atoms with Gasteiger partial charge in [0.2, 0.25) is 5.91 Å². The van der Waals surface area contributed by atoms with E-state index in [9.17, 15) is 18.8 Å². The molecule has 1 heterocycles. The third-order valence-electron chi connectivity index (χ3n) is 4.66. The average molecular weight is 431 g/mol. The summed E-state index contributed by atoms with van der Waals surface area (Å²) in [6, 6.07) is 5.32. The lowest BCUT2D eigenvalue weighted by atomic mass is 9.86. The van der Waals surface area contributed by atoms with Crippen LogP contribution in [0.2, 0.25) is 0 Å². The number of carbonyl (C=O) groups is 3. The van der Waals surface area contributed by atoms with E-state index in [4.69, 9.17) is 10.4 Å². The standard InChI is InChI=1S/C21H26FN5O4/c1-21(2,3)18(20(31)24-12-15(28)29)25-19(30)16-13-8-7-9-14(22)17(13)27(26-16)11-6-4-5-10-23/h7-9,18H,4-6,11-12H2,1-3H3,(H,24,31)(H,25,30)(H,28,29). The number of carboxylic acids is 1. The average Bonchev–Trinajstić information content (AvgIpc) is 3.06. The van der Waals surface area contributed by atoms with E-state index >= 15 is 0 Å². The highest BCUT2D eigenvalue weighted by atomic mass is 19.1. The number of aromatic nitrogens is 2. The normalized spacial score (nSPS) is 12.2. The number of fused-ring (bicyclic) bond motifs is 1. The van der Waals surface area contributed by atoms with Crippen LogP contribution in [0.4, 0.5) is 4.39 Å². The molecule has 3 N–H and O–H groups in total. The smallest absolute Gasteiger partial charge is 0.322 e. The number of amides is 2. The summed E-state index contributed by atoms with van der Waals surface area (Å²) in [5.74, 6) is -3.05. The zero-order chi connectivity index (χ0) is 23.2. The zero-order valence-corrected chi connectivity index (χ0v) is 17.7. The van der Waals surface area contributed by atoms with Gasteiger partial charge in [0.1, 0.15) is 23.9 Å². The van der Waals surface area contributed by atoms with Crippen molar-refractivity contribution in [3.05, 3.63) is 29.7 Å². The van der Waals surface area contributed by atoms with E-state index in [1.807, 2.05) is 6.07 Å². The van der Waals surface area contributed by atoms with E-state index in [1.165, 1.54) is 16.8 Å². The summed E-state index contributed by atoms with van der Waals surface area (Å²) >= 11 is 0. The van der Waals surface area contributed by atoms with Gasteiger partial charge in [-0.05, 0) is 24.3 Å². The zero-order valence-electron chi connectivity index (χ0n) is 17.7. The summed E-state index contributed by atoms with van der Waals surface area (Å²) in [4.78, 5) is 36.3. The monoisotopic (exact) mass is 431 g/mol. The van der Waals surface area contributed by atoms with E-state index in [2.05, 4.69) is 15.7 Å². The van der Waals surface area contributed by atoms with Gasteiger partial charge < -0.3 is 15.7 Å². The van der Waals surface area contributed by atoms with Gasteiger partial charge in [0.25, 0.3) is 5.91 Å². The van der Waals surface area contributed by atoms with Gasteiger partial charge in [0.05, 0.1) is 6.07 Å². The minimum Gasteiger partial charge on any atom is -0.480 e. The van der Waals surface area contributed by atoms with Gasteiger partial charge in [-0.1, -0.05) is 32.9 Å². The number of nitrogens with zero attached hydrogens (tertiary/aromatic N) is 3. The SMILES string of the molecule is CC(C)(C)C(NC(=O)c1nn(CCCCC#N)c2c(F)cccc12)C(=O)NCC(=O)O. The Bertz CT molecular complexity index is 1020. The van der Waals surface area contributed by atoms with Crippen molar-refractivity contribution in [3.63, 3.8) is 0 Å². The maximum Gasteiger partial charge on any atom is 0.322 e. The second-order valence-electron chi connectivity index (χ2n) is 8.21. The Morgan fingerprint density at radius 2 is 2.00 bits per heavy atom. The van der Waals surface area contributed by atoms with Crippen molar-refractivity contribution in [3.8, 4) is 6.07 Å². The number of carbonyl (C=O) groups excluding carboxylic acids is 2. The highest BCUT2D eigenvalue weighted by molar-refractivity contribution is 6.06. The molecular weight excluding hydrogens is 405 g/mol. The minimum absolute atomic E-state index is 0.0323. The molecule has 2 aromatic rings. The first-order valence-corrected chi connectivity index (χ1v) is 9.88. The Morgan fingerprint density at radius 1 is 1.29 bits per heavy atom. The van der Waals surface area contributed by atoms with Crippen LogP contribution in [0.25, 0.3) is 10.9 Å². The number of aryl methyl sites for hydroxylation is 1. The summed E-state index contributed by atoms with van der Waals surface area (Å²) in [6.45, 7) is 4.93. The molecule has 0 spiro atoms. The molecule has 0 bridgehead atoms. The van der Waals surface area contributed by atoms with Gasteiger partial charge in [-0.3, -0.25) is 19.1 Å². The van der Waals surface area contributed by atoms with Gasteiger partial charge in [0, 0.05) is 18.4 Å². The van der Waals surface area contributed by atoms with E-state index in [1.54, 1.807) is 26.8 Å². The second kappa shape index (κ2) is 10.0. The number of hydrogen-bond donors (Lipinski definition) is 3. The molecule has 2 rings (SSSR count). The Balaban J connectivity index is 2.33. The lowest BCUT2D eigenvalue weighted by Gasteiger charge is -2.30. The van der Waals surface area contributed by atoms with Crippen molar-refractivity contribution >= 4 is 28.7 Å². The van der Waals surface area contributed by atoms with Gasteiger partial charge >= 0.3 is 5.97 Å². The molecule has 1 atom stereocenters. The maximum atomic E-state index is 14.5. The fraction of sp³-hybridized carbons (Fsp3) is 0.476. The van der Waals surface area contributed by atoms with Crippen LogP contribution in [0.3, 0.4) is 0 Å². The van der Waals surface area contributed by atoms with Crippen molar-refractivity contribution in [2.45, 2.75) is 52.6 Å². The third-order valence-corrected chi connectivity index (χ3v) is 4.66. The summed E-state index contributed by atoms with van der Waals surface area (Å²) in [6.07, 6.45) is 1.57. The van der Waals surface area contributed by atoms with Gasteiger partial charge in [-0.25, -0.2) is 4.39 Å². The molecule has 166 valence electrons. The fourth-order valence-electron chi connectivity index (χ4n) is 3.13. The number of rotatable bonds is 9. The van der Waals surface area contributed by atoms with Crippen LogP contribution in [0, 0.1) is 22.6 Å². The summed E-state index contributed by atoms with van der Waals surface area (Å²) in [7, 11) is 0. The van der Waals surface area contributed by atoms with Crippen molar-refractivity contribution in [1.29, 1.82) is 5.26 Å². The van der Waals surface area contributed by atoms with E-state index < -0.39 is 41.6 Å². The van der Waals surface area contributed by atoms with Crippen molar-refractivity contribution in [2.24, 2.45) is 5.41 Å². The summed E-state index contributed by atoms with van der Waals surface area (Å²) in [5, 5.41) is 26.9. The summed E-state index contributed by atoms with van der Waals surface area (Å²) in [5.41, 5.74) is -0.582. The predicted octanol–water partition coefficient (Wildman–Crippen LogP) is 2.21. The number of nitriles is 1. The molecule has 31 heavy (non-hydrogen) atoms. The van der Waals surface area contributed by atoms with Crippen molar-refractivity contribution in [2.75, 3.05) is 6.54 Å². The van der Waals surface area contributed by atoms with Crippen LogP contribution in [0.15, 0.2) is 18.2 Å². The number of unbranched alkanes of at least 4 members (excludes halogenated alkanes) is 2. The molecule has 0 aliphatic rings. The Hall–Kier alpha value is -3.48. The van der Waals surface area contributed by atoms with Gasteiger partial charge in [0.15, 0.2) is 5.69 Å². The highest BCUT2D eigenvalue weighted by Crippen LogP contribution is 2.24. The van der Waals surface area contributed by atoms with Crippen LogP contribution in [0.5, 0.6) is 0 Å².